The number of hydrogen-bond donors (Lipinski definition) is 3. The van der Waals surface area contributed by atoms with E-state index in [4.69, 9.17) is 0 Å². The van der Waals surface area contributed by atoms with Gasteiger partial charge in [-0.15, -0.1) is 0 Å². The van der Waals surface area contributed by atoms with Gasteiger partial charge in [-0.05, 0) is 30.0 Å². The van der Waals surface area contributed by atoms with Gasteiger partial charge < -0.3 is 10.4 Å². The lowest BCUT2D eigenvalue weighted by atomic mass is 9.98. The molecule has 3 aromatic rings. The molecule has 33 heavy (non-hydrogen) atoms. The van der Waals surface area contributed by atoms with Crippen LogP contribution in [0.3, 0.4) is 0 Å². The molecule has 1 amide bonds. The van der Waals surface area contributed by atoms with Crippen molar-refractivity contribution in [2.75, 3.05) is 10.5 Å². The summed E-state index contributed by atoms with van der Waals surface area (Å²) in [7, 11) is -2.20. The van der Waals surface area contributed by atoms with Gasteiger partial charge in [-0.1, -0.05) is 54.6 Å². The van der Waals surface area contributed by atoms with Gasteiger partial charge in [0.2, 0.25) is 10.0 Å². The van der Waals surface area contributed by atoms with E-state index in [0.29, 0.717) is 12.0 Å². The van der Waals surface area contributed by atoms with Gasteiger partial charge in [-0.3, -0.25) is 19.0 Å². The lowest BCUT2D eigenvalue weighted by molar-refractivity contribution is -0.137. The third-order valence-electron chi connectivity index (χ3n) is 5.06. The molecule has 3 rings (SSSR count). The second-order valence-electron chi connectivity index (χ2n) is 7.70. The SMILES string of the molecule is Cc1ccccc1[C@H](CC(=O)O)NC(=O)c1nn(C)cc1NS(=O)(=O)CCc1ccccc1. The summed E-state index contributed by atoms with van der Waals surface area (Å²) in [6.07, 6.45) is 1.38. The molecular formula is C23H26N4O5S. The summed E-state index contributed by atoms with van der Waals surface area (Å²) in [4.78, 5) is 24.4. The van der Waals surface area contributed by atoms with E-state index in [-0.39, 0.29) is 23.6 Å². The quantitative estimate of drug-likeness (QED) is 0.418. The topological polar surface area (TPSA) is 130 Å². The fourth-order valence-corrected chi connectivity index (χ4v) is 4.55. The molecule has 9 nitrogen and oxygen atoms in total. The van der Waals surface area contributed by atoms with Crippen molar-refractivity contribution in [3.8, 4) is 0 Å². The zero-order valence-electron chi connectivity index (χ0n) is 18.4. The largest absolute Gasteiger partial charge is 0.481 e. The Kier molecular flexibility index (Phi) is 7.49. The Bertz CT molecular complexity index is 1240. The number of nitrogens with zero attached hydrogens (tertiary/aromatic N) is 2. The number of amides is 1. The molecule has 0 saturated carbocycles. The average Bonchev–Trinajstić information content (AvgIpc) is 3.12. The van der Waals surface area contributed by atoms with Gasteiger partial charge in [0.05, 0.1) is 23.9 Å². The van der Waals surface area contributed by atoms with Gasteiger partial charge in [0, 0.05) is 13.2 Å². The third kappa shape index (κ3) is 6.66. The van der Waals surface area contributed by atoms with E-state index in [0.717, 1.165) is 11.1 Å². The van der Waals surface area contributed by atoms with Crippen LogP contribution in [0.5, 0.6) is 0 Å². The summed E-state index contributed by atoms with van der Waals surface area (Å²) < 4.78 is 29.0. The van der Waals surface area contributed by atoms with Crippen molar-refractivity contribution in [2.45, 2.75) is 25.8 Å². The smallest absolute Gasteiger partial charge is 0.305 e. The van der Waals surface area contributed by atoms with Crippen LogP contribution in [0.2, 0.25) is 0 Å². The molecule has 0 fully saturated rings. The monoisotopic (exact) mass is 470 g/mol. The molecule has 174 valence electrons. The zero-order valence-corrected chi connectivity index (χ0v) is 19.2. The Labute approximate surface area is 192 Å². The van der Waals surface area contributed by atoms with Crippen LogP contribution in [-0.4, -0.2) is 40.9 Å². The first-order valence-corrected chi connectivity index (χ1v) is 12.0. The van der Waals surface area contributed by atoms with Gasteiger partial charge in [0.15, 0.2) is 5.69 Å². The van der Waals surface area contributed by atoms with Crippen molar-refractivity contribution in [1.82, 2.24) is 15.1 Å². The fraction of sp³-hybridized carbons (Fsp3) is 0.261. The summed E-state index contributed by atoms with van der Waals surface area (Å²) in [5.74, 6) is -1.92. The van der Waals surface area contributed by atoms with Crippen molar-refractivity contribution < 1.29 is 23.1 Å². The van der Waals surface area contributed by atoms with Crippen LogP contribution in [0.1, 0.15) is 39.6 Å². The van der Waals surface area contributed by atoms with E-state index in [2.05, 4.69) is 15.1 Å². The molecule has 1 heterocycles. The summed E-state index contributed by atoms with van der Waals surface area (Å²) in [6, 6.07) is 15.5. The number of aromatic nitrogens is 2. The lowest BCUT2D eigenvalue weighted by Crippen LogP contribution is -2.32. The molecule has 0 saturated heterocycles. The van der Waals surface area contributed by atoms with Crippen molar-refractivity contribution in [3.63, 3.8) is 0 Å². The van der Waals surface area contributed by atoms with Crippen LogP contribution >= 0.6 is 0 Å². The fourth-order valence-electron chi connectivity index (χ4n) is 3.46. The number of carbonyl (C=O) groups is 2. The molecule has 0 aliphatic carbocycles. The minimum atomic E-state index is -3.76. The molecule has 1 aromatic heterocycles. The van der Waals surface area contributed by atoms with Crippen LogP contribution in [0.25, 0.3) is 0 Å². The predicted octanol–water partition coefficient (Wildman–Crippen LogP) is 2.66. The molecule has 10 heteroatoms. The Balaban J connectivity index is 1.78. The molecule has 0 radical (unpaired) electrons. The van der Waals surface area contributed by atoms with Crippen LogP contribution in [0.4, 0.5) is 5.69 Å². The van der Waals surface area contributed by atoms with Crippen LogP contribution in [0, 0.1) is 6.92 Å². The number of nitrogens with one attached hydrogen (secondary N) is 2. The second kappa shape index (κ2) is 10.3. The van der Waals surface area contributed by atoms with Gasteiger partial charge in [-0.2, -0.15) is 5.10 Å². The summed E-state index contributed by atoms with van der Waals surface area (Å²) in [5.41, 5.74) is 2.26. The van der Waals surface area contributed by atoms with E-state index in [9.17, 15) is 23.1 Å². The van der Waals surface area contributed by atoms with Crippen LogP contribution in [0.15, 0.2) is 60.8 Å². The minimum Gasteiger partial charge on any atom is -0.481 e. The highest BCUT2D eigenvalue weighted by Crippen LogP contribution is 2.23. The van der Waals surface area contributed by atoms with Crippen molar-refractivity contribution >= 4 is 27.6 Å². The highest BCUT2D eigenvalue weighted by molar-refractivity contribution is 7.92. The summed E-state index contributed by atoms with van der Waals surface area (Å²) >= 11 is 0. The molecule has 0 aliphatic rings. The van der Waals surface area contributed by atoms with Gasteiger partial charge in [-0.25, -0.2) is 8.42 Å². The van der Waals surface area contributed by atoms with E-state index in [1.807, 2.05) is 49.4 Å². The first-order chi connectivity index (χ1) is 15.6. The maximum atomic E-state index is 13.0. The minimum absolute atomic E-state index is 0.0296. The molecule has 0 spiro atoms. The zero-order chi connectivity index (χ0) is 24.0. The molecule has 0 bridgehead atoms. The Hall–Kier alpha value is -3.66. The lowest BCUT2D eigenvalue weighted by Gasteiger charge is -2.19. The number of carboxylic acid groups (broad SMARTS) is 1. The Morgan fingerprint density at radius 2 is 1.76 bits per heavy atom. The molecule has 0 aliphatic heterocycles. The highest BCUT2D eigenvalue weighted by Gasteiger charge is 2.25. The molecule has 0 unspecified atom stereocenters. The van der Waals surface area contributed by atoms with E-state index < -0.39 is 27.9 Å². The number of aryl methyl sites for hydroxylation is 3. The van der Waals surface area contributed by atoms with Crippen LogP contribution in [-0.2, 0) is 28.3 Å². The van der Waals surface area contributed by atoms with Crippen molar-refractivity contribution in [1.29, 1.82) is 0 Å². The van der Waals surface area contributed by atoms with Crippen molar-refractivity contribution in [2.24, 2.45) is 7.05 Å². The number of aliphatic carboxylic acids is 1. The second-order valence-corrected chi connectivity index (χ2v) is 9.54. The van der Waals surface area contributed by atoms with E-state index in [1.54, 1.807) is 19.2 Å². The molecule has 1 atom stereocenters. The molecular weight excluding hydrogens is 444 g/mol. The third-order valence-corrected chi connectivity index (χ3v) is 6.33. The van der Waals surface area contributed by atoms with Crippen LogP contribution < -0.4 is 10.0 Å². The molecule has 2 aromatic carbocycles. The number of anilines is 1. The maximum Gasteiger partial charge on any atom is 0.305 e. The molecule has 3 N–H and O–H groups in total. The maximum absolute atomic E-state index is 13.0. The number of carboxylic acids is 1. The predicted molar refractivity (Wildman–Crippen MR) is 124 cm³/mol. The van der Waals surface area contributed by atoms with E-state index in [1.165, 1.54) is 10.9 Å². The standard InChI is InChI=1S/C23H26N4O5S/c1-16-8-6-7-11-18(16)19(14-21(28)29)24-23(30)22-20(15-27(2)25-22)26-33(31,32)13-12-17-9-4-3-5-10-17/h3-11,15,19,26H,12-14H2,1-2H3,(H,24,30)(H,28,29)/t19-/m0/s1. The Morgan fingerprint density at radius 3 is 2.42 bits per heavy atom. The number of rotatable bonds is 10. The average molecular weight is 471 g/mol. The Morgan fingerprint density at radius 1 is 1.09 bits per heavy atom. The number of carbonyl (C=O) groups excluding carboxylic acids is 1. The number of sulfonamides is 1. The number of hydrogen-bond acceptors (Lipinski definition) is 5. The van der Waals surface area contributed by atoms with Crippen molar-refractivity contribution in [3.05, 3.63) is 83.2 Å². The van der Waals surface area contributed by atoms with E-state index >= 15 is 0 Å². The number of benzene rings is 2. The first-order valence-electron chi connectivity index (χ1n) is 10.3. The summed E-state index contributed by atoms with van der Waals surface area (Å²) in [5, 5.41) is 16.1. The van der Waals surface area contributed by atoms with Gasteiger partial charge in [0.1, 0.15) is 0 Å². The summed E-state index contributed by atoms with van der Waals surface area (Å²) in [6.45, 7) is 1.82. The van der Waals surface area contributed by atoms with Gasteiger partial charge >= 0.3 is 5.97 Å². The first kappa shape index (κ1) is 24.0. The normalized spacial score (nSPS) is 12.2. The van der Waals surface area contributed by atoms with Gasteiger partial charge in [0.25, 0.3) is 5.91 Å². The highest BCUT2D eigenvalue weighted by atomic mass is 32.2.